The molecule has 0 rings (SSSR count). The van der Waals surface area contributed by atoms with Gasteiger partial charge in [0.15, 0.2) is 0 Å². The van der Waals surface area contributed by atoms with Crippen LogP contribution in [0.25, 0.3) is 0 Å². The molecule has 15 nitrogen and oxygen atoms in total. The third kappa shape index (κ3) is 13.1. The highest BCUT2D eigenvalue weighted by Crippen LogP contribution is 1.92. The standard InChI is InChI=1S/C14H23N7O8/c15-2-9(23)17-3-10(24)18-5-12(26)21-7(1-8(16)22)14(29)20-4-11(25)19-6-13(27)28/h7H,1-6,15H2,(H2,16,22)(H,17,23)(H,18,24)(H,19,25)(H,20,29)(H,21,26)(H,27,28)/t7-/m0/s1. The summed E-state index contributed by atoms with van der Waals surface area (Å²) in [6, 6.07) is -1.43. The zero-order valence-corrected chi connectivity index (χ0v) is 15.3. The average Bonchev–Trinajstić information content (AvgIpc) is 2.65. The summed E-state index contributed by atoms with van der Waals surface area (Å²) in [4.78, 5) is 79.0. The Bertz CT molecular complexity index is 666. The van der Waals surface area contributed by atoms with Crippen LogP contribution >= 0.6 is 0 Å². The Balaban J connectivity index is 4.52. The van der Waals surface area contributed by atoms with Crippen LogP contribution in [0.5, 0.6) is 0 Å². The predicted molar refractivity (Wildman–Crippen MR) is 94.5 cm³/mol. The van der Waals surface area contributed by atoms with Crippen molar-refractivity contribution in [2.24, 2.45) is 11.5 Å². The molecule has 0 fully saturated rings. The molecule has 0 aliphatic rings. The second-order valence-electron chi connectivity index (χ2n) is 5.44. The first kappa shape index (κ1) is 25.2. The van der Waals surface area contributed by atoms with Gasteiger partial charge >= 0.3 is 5.97 Å². The highest BCUT2D eigenvalue weighted by atomic mass is 16.4. The molecule has 10 N–H and O–H groups in total. The van der Waals surface area contributed by atoms with E-state index in [1.807, 2.05) is 5.32 Å². The van der Waals surface area contributed by atoms with Crippen molar-refractivity contribution in [3.63, 3.8) is 0 Å². The first-order valence-electron chi connectivity index (χ1n) is 8.12. The van der Waals surface area contributed by atoms with Crippen molar-refractivity contribution in [2.45, 2.75) is 12.5 Å². The number of nitrogens with one attached hydrogen (secondary N) is 5. The van der Waals surface area contributed by atoms with Gasteiger partial charge in [0.1, 0.15) is 12.6 Å². The fraction of sp³-hybridized carbons (Fsp3) is 0.500. The molecule has 29 heavy (non-hydrogen) atoms. The fourth-order valence-electron chi connectivity index (χ4n) is 1.68. The normalized spacial score (nSPS) is 10.8. The van der Waals surface area contributed by atoms with Gasteiger partial charge in [-0.3, -0.25) is 33.6 Å². The molecule has 0 radical (unpaired) electrons. The second kappa shape index (κ2) is 13.4. The number of carbonyl (C=O) groups excluding carboxylic acids is 6. The Kier molecular flexibility index (Phi) is 11.7. The number of nitrogens with two attached hydrogens (primary N) is 2. The molecule has 1 atom stereocenters. The summed E-state index contributed by atoms with van der Waals surface area (Å²) in [7, 11) is 0. The van der Waals surface area contributed by atoms with Gasteiger partial charge in [-0.2, -0.15) is 0 Å². The number of aliphatic carboxylic acids is 1. The Morgan fingerprint density at radius 1 is 0.724 bits per heavy atom. The zero-order valence-electron chi connectivity index (χ0n) is 15.3. The van der Waals surface area contributed by atoms with Crippen molar-refractivity contribution in [3.8, 4) is 0 Å². The van der Waals surface area contributed by atoms with Crippen LogP contribution in [0.4, 0.5) is 0 Å². The van der Waals surface area contributed by atoms with Gasteiger partial charge in [-0.05, 0) is 0 Å². The van der Waals surface area contributed by atoms with Crippen molar-refractivity contribution in [3.05, 3.63) is 0 Å². The van der Waals surface area contributed by atoms with Gasteiger partial charge in [0.2, 0.25) is 35.4 Å². The molecular weight excluding hydrogens is 394 g/mol. The van der Waals surface area contributed by atoms with Crippen molar-refractivity contribution in [1.82, 2.24) is 26.6 Å². The molecule has 6 amide bonds. The quantitative estimate of drug-likeness (QED) is 0.142. The maximum atomic E-state index is 12.0. The highest BCUT2D eigenvalue weighted by Gasteiger charge is 2.23. The van der Waals surface area contributed by atoms with E-state index in [1.54, 1.807) is 0 Å². The SMILES string of the molecule is NCC(=O)NCC(=O)NCC(=O)N[C@@H](CC(N)=O)C(=O)NCC(=O)NCC(=O)O. The molecular formula is C14H23N7O8. The number of carboxylic acid groups (broad SMARTS) is 1. The number of primary amides is 1. The van der Waals surface area contributed by atoms with Crippen molar-refractivity contribution in [2.75, 3.05) is 32.7 Å². The monoisotopic (exact) mass is 417 g/mol. The molecule has 0 spiro atoms. The number of amides is 6. The number of rotatable bonds is 13. The van der Waals surface area contributed by atoms with Crippen LogP contribution in [0.3, 0.4) is 0 Å². The van der Waals surface area contributed by atoms with Crippen molar-refractivity contribution in [1.29, 1.82) is 0 Å². The number of hydrogen-bond acceptors (Lipinski definition) is 8. The van der Waals surface area contributed by atoms with E-state index in [0.29, 0.717) is 0 Å². The first-order valence-corrected chi connectivity index (χ1v) is 8.12. The van der Waals surface area contributed by atoms with Crippen molar-refractivity contribution >= 4 is 41.4 Å². The molecule has 0 aliphatic carbocycles. The molecule has 15 heteroatoms. The van der Waals surface area contributed by atoms with E-state index >= 15 is 0 Å². The minimum atomic E-state index is -1.43. The lowest BCUT2D eigenvalue weighted by Crippen LogP contribution is -2.52. The van der Waals surface area contributed by atoms with Crippen molar-refractivity contribution < 1.29 is 38.7 Å². The third-order valence-corrected chi connectivity index (χ3v) is 2.99. The molecule has 0 saturated carbocycles. The van der Waals surface area contributed by atoms with Gasteiger partial charge in [-0.25, -0.2) is 0 Å². The molecule has 0 heterocycles. The van der Waals surface area contributed by atoms with Gasteiger partial charge in [0, 0.05) is 0 Å². The lowest BCUT2D eigenvalue weighted by molar-refractivity contribution is -0.138. The van der Waals surface area contributed by atoms with E-state index < -0.39 is 80.1 Å². The molecule has 0 aromatic rings. The molecule has 162 valence electrons. The van der Waals surface area contributed by atoms with Crippen LogP contribution < -0.4 is 38.1 Å². The topological polar surface area (TPSA) is 252 Å². The number of carbonyl (C=O) groups is 7. The maximum Gasteiger partial charge on any atom is 0.322 e. The highest BCUT2D eigenvalue weighted by molar-refractivity contribution is 5.95. The number of carboxylic acids is 1. The minimum absolute atomic E-state index is 0.313. The van der Waals surface area contributed by atoms with Crippen LogP contribution in [0, 0.1) is 0 Å². The van der Waals surface area contributed by atoms with Crippen LogP contribution in [-0.4, -0.2) is 85.3 Å². The van der Waals surface area contributed by atoms with Gasteiger partial charge in [-0.1, -0.05) is 0 Å². The van der Waals surface area contributed by atoms with Gasteiger partial charge in [0.25, 0.3) is 0 Å². The lowest BCUT2D eigenvalue weighted by Gasteiger charge is -2.17. The summed E-state index contributed by atoms with van der Waals surface area (Å²) in [5.41, 5.74) is 10.1. The van der Waals surface area contributed by atoms with Crippen LogP contribution in [-0.2, 0) is 33.6 Å². The number of hydrogen-bond donors (Lipinski definition) is 8. The zero-order chi connectivity index (χ0) is 22.4. The summed E-state index contributed by atoms with van der Waals surface area (Å²) in [5, 5.41) is 19.0. The van der Waals surface area contributed by atoms with E-state index in [9.17, 15) is 33.6 Å². The van der Waals surface area contributed by atoms with Gasteiger partial charge < -0.3 is 43.2 Å². The van der Waals surface area contributed by atoms with E-state index in [1.165, 1.54) is 0 Å². The fourth-order valence-corrected chi connectivity index (χ4v) is 1.68. The van der Waals surface area contributed by atoms with Crippen LogP contribution in [0.1, 0.15) is 6.42 Å². The molecule has 0 aromatic carbocycles. The largest absolute Gasteiger partial charge is 0.480 e. The Hall–Kier alpha value is -3.75. The Labute approximate surface area is 164 Å². The minimum Gasteiger partial charge on any atom is -0.480 e. The first-order chi connectivity index (χ1) is 13.5. The molecule has 0 saturated heterocycles. The van der Waals surface area contributed by atoms with E-state index in [0.717, 1.165) is 0 Å². The molecule has 0 aliphatic heterocycles. The van der Waals surface area contributed by atoms with Gasteiger partial charge in [-0.15, -0.1) is 0 Å². The smallest absolute Gasteiger partial charge is 0.322 e. The van der Waals surface area contributed by atoms with Crippen LogP contribution in [0.2, 0.25) is 0 Å². The van der Waals surface area contributed by atoms with E-state index in [-0.39, 0.29) is 6.54 Å². The summed E-state index contributed by atoms with van der Waals surface area (Å²) in [6.45, 7) is -2.55. The summed E-state index contributed by atoms with van der Waals surface area (Å²) in [5.74, 6) is -6.06. The van der Waals surface area contributed by atoms with Crippen LogP contribution in [0.15, 0.2) is 0 Å². The Morgan fingerprint density at radius 3 is 1.72 bits per heavy atom. The van der Waals surface area contributed by atoms with Gasteiger partial charge in [0.05, 0.1) is 32.6 Å². The van der Waals surface area contributed by atoms with E-state index in [2.05, 4.69) is 21.3 Å². The lowest BCUT2D eigenvalue weighted by atomic mass is 10.2. The summed E-state index contributed by atoms with van der Waals surface area (Å²) < 4.78 is 0. The molecule has 0 unspecified atom stereocenters. The maximum absolute atomic E-state index is 12.0. The summed E-state index contributed by atoms with van der Waals surface area (Å²) in [6.07, 6.45) is -0.588. The molecule has 0 aromatic heterocycles. The average molecular weight is 417 g/mol. The van der Waals surface area contributed by atoms with E-state index in [4.69, 9.17) is 16.6 Å². The molecule has 0 bridgehead atoms. The summed E-state index contributed by atoms with van der Waals surface area (Å²) >= 11 is 0. The Morgan fingerprint density at radius 2 is 1.21 bits per heavy atom. The predicted octanol–water partition coefficient (Wildman–Crippen LogP) is -6.15. The third-order valence-electron chi connectivity index (χ3n) is 2.99. The second-order valence-corrected chi connectivity index (χ2v) is 5.44.